The number of rotatable bonds is 3. The first kappa shape index (κ1) is 12.2. The van der Waals surface area contributed by atoms with Gasteiger partial charge in [0.2, 0.25) is 0 Å². The molecule has 1 N–H and O–H groups in total. The molecule has 0 unspecified atom stereocenters. The lowest BCUT2D eigenvalue weighted by atomic mass is 10.0. The van der Waals surface area contributed by atoms with Gasteiger partial charge in [-0.3, -0.25) is 4.79 Å². The van der Waals surface area contributed by atoms with E-state index >= 15 is 0 Å². The number of benzene rings is 1. The molecule has 0 fully saturated rings. The van der Waals surface area contributed by atoms with Crippen molar-refractivity contribution in [1.82, 2.24) is 9.97 Å². The molecule has 92 valence electrons. The van der Waals surface area contributed by atoms with E-state index < -0.39 is 5.97 Å². The second-order valence-electron chi connectivity index (χ2n) is 4.23. The van der Waals surface area contributed by atoms with Crippen LogP contribution >= 0.6 is 0 Å². The molecule has 0 amide bonds. The van der Waals surface area contributed by atoms with Crippen molar-refractivity contribution >= 4 is 5.97 Å². The van der Waals surface area contributed by atoms with Crippen LogP contribution in [0.5, 0.6) is 0 Å². The average molecular weight is 242 g/mol. The van der Waals surface area contributed by atoms with Crippen LogP contribution in [0.25, 0.3) is 11.3 Å². The molecular formula is C14H14N2O2. The van der Waals surface area contributed by atoms with Crippen molar-refractivity contribution in [3.05, 3.63) is 47.4 Å². The lowest BCUT2D eigenvalue weighted by molar-refractivity contribution is -0.136. The van der Waals surface area contributed by atoms with Gasteiger partial charge in [0.1, 0.15) is 5.82 Å². The zero-order valence-electron chi connectivity index (χ0n) is 10.3. The molecule has 1 aromatic heterocycles. The lowest BCUT2D eigenvalue weighted by Crippen LogP contribution is -2.05. The highest BCUT2D eigenvalue weighted by Gasteiger charge is 2.11. The first-order chi connectivity index (χ1) is 8.56. The highest BCUT2D eigenvalue weighted by molar-refractivity contribution is 5.74. The zero-order valence-corrected chi connectivity index (χ0v) is 10.3. The zero-order chi connectivity index (χ0) is 13.1. The summed E-state index contributed by atoms with van der Waals surface area (Å²) in [4.78, 5) is 19.2. The summed E-state index contributed by atoms with van der Waals surface area (Å²) >= 11 is 0. The van der Waals surface area contributed by atoms with Gasteiger partial charge in [-0.2, -0.15) is 0 Å². The van der Waals surface area contributed by atoms with E-state index in [4.69, 9.17) is 5.11 Å². The van der Waals surface area contributed by atoms with E-state index in [1.165, 1.54) is 0 Å². The second-order valence-corrected chi connectivity index (χ2v) is 4.23. The second kappa shape index (κ2) is 4.96. The summed E-state index contributed by atoms with van der Waals surface area (Å²) in [6.07, 6.45) is 1.52. The van der Waals surface area contributed by atoms with Gasteiger partial charge in [0.05, 0.1) is 12.1 Å². The molecule has 4 nitrogen and oxygen atoms in total. The monoisotopic (exact) mass is 242 g/mol. The van der Waals surface area contributed by atoms with Gasteiger partial charge in [0.25, 0.3) is 0 Å². The molecule has 0 aliphatic heterocycles. The normalized spacial score (nSPS) is 10.3. The maximum Gasteiger partial charge on any atom is 0.307 e. The molecule has 0 aliphatic rings. The largest absolute Gasteiger partial charge is 0.481 e. The molecule has 1 heterocycles. The summed E-state index contributed by atoms with van der Waals surface area (Å²) < 4.78 is 0. The van der Waals surface area contributed by atoms with Gasteiger partial charge in [0, 0.05) is 17.3 Å². The molecule has 0 spiro atoms. The Morgan fingerprint density at radius 2 is 1.89 bits per heavy atom. The molecule has 0 saturated heterocycles. The Hall–Kier alpha value is -2.23. The molecular weight excluding hydrogens is 228 g/mol. The fourth-order valence-corrected chi connectivity index (χ4v) is 1.75. The predicted octanol–water partition coefficient (Wildman–Crippen LogP) is 2.39. The van der Waals surface area contributed by atoms with Crippen molar-refractivity contribution in [3.63, 3.8) is 0 Å². The molecule has 0 radical (unpaired) electrons. The minimum Gasteiger partial charge on any atom is -0.481 e. The number of hydrogen-bond donors (Lipinski definition) is 1. The first-order valence-corrected chi connectivity index (χ1v) is 5.67. The summed E-state index contributed by atoms with van der Waals surface area (Å²) in [5.41, 5.74) is 3.41. The van der Waals surface area contributed by atoms with Gasteiger partial charge in [-0.1, -0.05) is 29.8 Å². The third kappa shape index (κ3) is 2.71. The Balaban J connectivity index is 2.50. The summed E-state index contributed by atoms with van der Waals surface area (Å²) in [5.74, 6) is -0.240. The van der Waals surface area contributed by atoms with E-state index in [-0.39, 0.29) is 6.42 Å². The predicted molar refractivity (Wildman–Crippen MR) is 68.3 cm³/mol. The van der Waals surface area contributed by atoms with Gasteiger partial charge in [0.15, 0.2) is 0 Å². The summed E-state index contributed by atoms with van der Waals surface area (Å²) in [5, 5.41) is 8.90. The van der Waals surface area contributed by atoms with Gasteiger partial charge in [-0.15, -0.1) is 0 Å². The van der Waals surface area contributed by atoms with Crippen molar-refractivity contribution in [2.24, 2.45) is 0 Å². The number of carboxylic acid groups (broad SMARTS) is 1. The highest BCUT2D eigenvalue weighted by atomic mass is 16.4. The third-order valence-electron chi connectivity index (χ3n) is 2.65. The summed E-state index contributed by atoms with van der Waals surface area (Å²) in [6.45, 7) is 3.80. The molecule has 2 rings (SSSR count). The Morgan fingerprint density at radius 3 is 2.50 bits per heavy atom. The number of carboxylic acids is 1. The molecule has 4 heteroatoms. The summed E-state index contributed by atoms with van der Waals surface area (Å²) in [6, 6.07) is 7.86. The fraction of sp³-hybridized carbons (Fsp3) is 0.214. The molecule has 0 saturated carbocycles. The highest BCUT2D eigenvalue weighted by Crippen LogP contribution is 2.22. The van der Waals surface area contributed by atoms with Gasteiger partial charge >= 0.3 is 5.97 Å². The van der Waals surface area contributed by atoms with E-state index in [1.807, 2.05) is 31.2 Å². The minimum atomic E-state index is -0.879. The van der Waals surface area contributed by atoms with E-state index in [0.717, 1.165) is 11.1 Å². The van der Waals surface area contributed by atoms with Gasteiger partial charge in [-0.25, -0.2) is 9.97 Å². The number of aryl methyl sites for hydroxylation is 2. The number of hydrogen-bond acceptors (Lipinski definition) is 3. The van der Waals surface area contributed by atoms with Crippen LogP contribution in [-0.2, 0) is 11.2 Å². The van der Waals surface area contributed by atoms with Crippen LogP contribution in [0.1, 0.15) is 17.0 Å². The number of nitrogens with zero attached hydrogens (tertiary/aromatic N) is 2. The third-order valence-corrected chi connectivity index (χ3v) is 2.65. The van der Waals surface area contributed by atoms with Crippen LogP contribution in [0.15, 0.2) is 30.5 Å². The lowest BCUT2D eigenvalue weighted by Gasteiger charge is -2.08. The quantitative estimate of drug-likeness (QED) is 0.897. The van der Waals surface area contributed by atoms with Gasteiger partial charge < -0.3 is 5.11 Å². The average Bonchev–Trinajstić information content (AvgIpc) is 2.32. The maximum absolute atomic E-state index is 10.8. The molecule has 2 aromatic rings. The van der Waals surface area contributed by atoms with Crippen molar-refractivity contribution in [2.75, 3.05) is 0 Å². The van der Waals surface area contributed by atoms with E-state index in [9.17, 15) is 4.79 Å². The Bertz CT molecular complexity index is 577. The van der Waals surface area contributed by atoms with Crippen molar-refractivity contribution in [3.8, 4) is 11.3 Å². The SMILES string of the molecule is Cc1ccc(-c2nc(C)ncc2CC(=O)O)cc1. The molecule has 0 bridgehead atoms. The Morgan fingerprint density at radius 1 is 1.22 bits per heavy atom. The van der Waals surface area contributed by atoms with Gasteiger partial charge in [-0.05, 0) is 13.8 Å². The number of carbonyl (C=O) groups is 1. The molecule has 0 atom stereocenters. The van der Waals surface area contributed by atoms with Crippen LogP contribution in [0.2, 0.25) is 0 Å². The van der Waals surface area contributed by atoms with Crippen LogP contribution in [0, 0.1) is 13.8 Å². The van der Waals surface area contributed by atoms with Crippen LogP contribution in [0.4, 0.5) is 0 Å². The molecule has 18 heavy (non-hydrogen) atoms. The van der Waals surface area contributed by atoms with Crippen molar-refractivity contribution < 1.29 is 9.90 Å². The van der Waals surface area contributed by atoms with Crippen LogP contribution in [0.3, 0.4) is 0 Å². The summed E-state index contributed by atoms with van der Waals surface area (Å²) in [7, 11) is 0. The van der Waals surface area contributed by atoms with Crippen LogP contribution < -0.4 is 0 Å². The van der Waals surface area contributed by atoms with E-state index in [2.05, 4.69) is 9.97 Å². The smallest absolute Gasteiger partial charge is 0.307 e. The minimum absolute atomic E-state index is 0.0660. The maximum atomic E-state index is 10.8. The molecule has 0 aliphatic carbocycles. The number of aromatic nitrogens is 2. The Kier molecular flexibility index (Phi) is 3.37. The van der Waals surface area contributed by atoms with Crippen molar-refractivity contribution in [1.29, 1.82) is 0 Å². The van der Waals surface area contributed by atoms with Crippen molar-refractivity contribution in [2.45, 2.75) is 20.3 Å². The van der Waals surface area contributed by atoms with E-state index in [0.29, 0.717) is 17.1 Å². The van der Waals surface area contributed by atoms with E-state index in [1.54, 1.807) is 13.1 Å². The Labute approximate surface area is 105 Å². The standard InChI is InChI=1S/C14H14N2O2/c1-9-3-5-11(6-4-9)14-12(7-13(17)18)8-15-10(2)16-14/h3-6,8H,7H2,1-2H3,(H,17,18). The first-order valence-electron chi connectivity index (χ1n) is 5.67. The topological polar surface area (TPSA) is 63.1 Å². The molecule has 1 aromatic carbocycles. The fourth-order valence-electron chi connectivity index (χ4n) is 1.75. The van der Waals surface area contributed by atoms with Crippen LogP contribution in [-0.4, -0.2) is 21.0 Å². The number of aliphatic carboxylic acids is 1.